The van der Waals surface area contributed by atoms with E-state index in [1.807, 2.05) is 0 Å². The van der Waals surface area contributed by atoms with Crippen LogP contribution in [0.2, 0.25) is 5.02 Å². The Labute approximate surface area is 92.6 Å². The van der Waals surface area contributed by atoms with Crippen molar-refractivity contribution in [1.82, 2.24) is 4.98 Å². The highest BCUT2D eigenvalue weighted by Gasteiger charge is 2.06. The molecule has 0 fully saturated rings. The number of aromatic nitrogens is 1. The summed E-state index contributed by atoms with van der Waals surface area (Å²) < 4.78 is 5.20. The Kier molecular flexibility index (Phi) is 5.01. The normalized spacial score (nSPS) is 12.5. The molecular weight excluding hydrogens is 225 g/mol. The molecule has 0 aliphatic rings. The molecule has 1 heterocycles. The van der Waals surface area contributed by atoms with Crippen molar-refractivity contribution < 1.29 is 9.84 Å². The van der Waals surface area contributed by atoms with E-state index in [-0.39, 0.29) is 6.61 Å². The third-order valence-corrected chi connectivity index (χ3v) is 2.09. The molecule has 0 aromatic carbocycles. The second-order valence-electron chi connectivity index (χ2n) is 2.73. The summed E-state index contributed by atoms with van der Waals surface area (Å²) in [4.78, 5) is 3.91. The van der Waals surface area contributed by atoms with E-state index in [1.165, 1.54) is 0 Å². The van der Waals surface area contributed by atoms with Crippen molar-refractivity contribution in [3.63, 3.8) is 0 Å². The molecule has 0 aliphatic carbocycles. The zero-order valence-corrected chi connectivity index (χ0v) is 9.00. The maximum atomic E-state index is 9.32. The lowest BCUT2D eigenvalue weighted by Gasteiger charge is -2.10. The highest BCUT2D eigenvalue weighted by atomic mass is 35.5. The zero-order valence-electron chi connectivity index (χ0n) is 7.49. The molecule has 1 aromatic rings. The third kappa shape index (κ3) is 3.70. The zero-order chi connectivity index (χ0) is 10.4. The molecule has 1 N–H and O–H groups in total. The van der Waals surface area contributed by atoms with E-state index in [0.717, 1.165) is 0 Å². The number of alkyl halides is 1. The predicted molar refractivity (Wildman–Crippen MR) is 56.1 cm³/mol. The van der Waals surface area contributed by atoms with E-state index in [9.17, 15) is 5.11 Å². The lowest BCUT2D eigenvalue weighted by atomic mass is 10.3. The molecule has 0 aliphatic heterocycles. The van der Waals surface area contributed by atoms with Crippen LogP contribution in [0.4, 0.5) is 0 Å². The third-order valence-electron chi connectivity index (χ3n) is 1.58. The predicted octanol–water partition coefficient (Wildman–Crippen LogP) is 2.10. The molecular formula is C9H11Cl2NO2. The largest absolute Gasteiger partial charge is 0.474 e. The molecule has 1 atom stereocenters. The number of hydrogen-bond donors (Lipinski definition) is 1. The van der Waals surface area contributed by atoms with Crippen LogP contribution in [0.1, 0.15) is 6.42 Å². The van der Waals surface area contributed by atoms with Gasteiger partial charge in [0.05, 0.1) is 6.10 Å². The number of nitrogens with zero attached hydrogens (tertiary/aromatic N) is 1. The fourth-order valence-electron chi connectivity index (χ4n) is 0.862. The number of halogens is 2. The Balaban J connectivity index is 2.41. The van der Waals surface area contributed by atoms with Gasteiger partial charge in [0.25, 0.3) is 0 Å². The lowest BCUT2D eigenvalue weighted by Crippen LogP contribution is -2.18. The maximum Gasteiger partial charge on any atom is 0.232 e. The van der Waals surface area contributed by atoms with Crippen LogP contribution >= 0.6 is 23.2 Å². The Morgan fingerprint density at radius 2 is 2.36 bits per heavy atom. The van der Waals surface area contributed by atoms with E-state index in [2.05, 4.69) is 4.98 Å². The van der Waals surface area contributed by atoms with Gasteiger partial charge in [0.15, 0.2) is 0 Å². The van der Waals surface area contributed by atoms with Gasteiger partial charge in [-0.3, -0.25) is 0 Å². The molecule has 5 heteroatoms. The summed E-state index contributed by atoms with van der Waals surface area (Å²) in [6.45, 7) is 0.156. The molecule has 0 saturated heterocycles. The summed E-state index contributed by atoms with van der Waals surface area (Å²) in [5.41, 5.74) is 0. The Morgan fingerprint density at radius 1 is 1.57 bits per heavy atom. The minimum Gasteiger partial charge on any atom is -0.474 e. The van der Waals surface area contributed by atoms with Gasteiger partial charge in [0.1, 0.15) is 11.6 Å². The van der Waals surface area contributed by atoms with Crippen LogP contribution in [-0.2, 0) is 0 Å². The van der Waals surface area contributed by atoms with Gasteiger partial charge in [0, 0.05) is 12.1 Å². The van der Waals surface area contributed by atoms with Gasteiger partial charge in [-0.1, -0.05) is 11.6 Å². The molecule has 1 aromatic heterocycles. The van der Waals surface area contributed by atoms with Crippen molar-refractivity contribution >= 4 is 23.2 Å². The van der Waals surface area contributed by atoms with Gasteiger partial charge in [-0.15, -0.1) is 11.6 Å². The smallest absolute Gasteiger partial charge is 0.232 e. The first kappa shape index (κ1) is 11.6. The topological polar surface area (TPSA) is 42.4 Å². The fourth-order valence-corrected chi connectivity index (χ4v) is 1.29. The van der Waals surface area contributed by atoms with Crippen LogP contribution in [-0.4, -0.2) is 28.7 Å². The van der Waals surface area contributed by atoms with Crippen molar-refractivity contribution in [2.45, 2.75) is 12.5 Å². The molecule has 1 rings (SSSR count). The number of ether oxygens (including phenoxy) is 1. The molecule has 0 saturated carbocycles. The van der Waals surface area contributed by atoms with Crippen molar-refractivity contribution in [3.05, 3.63) is 23.4 Å². The molecule has 14 heavy (non-hydrogen) atoms. The first-order valence-corrected chi connectivity index (χ1v) is 5.12. The minimum absolute atomic E-state index is 0.156. The quantitative estimate of drug-likeness (QED) is 0.796. The Morgan fingerprint density at radius 3 is 3.00 bits per heavy atom. The standard InChI is InChI=1S/C9H11Cl2NO2/c10-4-3-7(13)6-14-9-8(11)2-1-5-12-9/h1-2,5,7,13H,3-4,6H2. The fraction of sp³-hybridized carbons (Fsp3) is 0.444. The van der Waals surface area contributed by atoms with E-state index in [1.54, 1.807) is 18.3 Å². The van der Waals surface area contributed by atoms with Gasteiger partial charge in [0.2, 0.25) is 5.88 Å². The SMILES string of the molecule is OC(CCCl)COc1ncccc1Cl. The van der Waals surface area contributed by atoms with Gasteiger partial charge >= 0.3 is 0 Å². The van der Waals surface area contributed by atoms with Gasteiger partial charge in [-0.25, -0.2) is 4.98 Å². The summed E-state index contributed by atoms with van der Waals surface area (Å²) >= 11 is 11.2. The van der Waals surface area contributed by atoms with Crippen molar-refractivity contribution in [1.29, 1.82) is 0 Å². The highest BCUT2D eigenvalue weighted by molar-refractivity contribution is 6.31. The van der Waals surface area contributed by atoms with Crippen molar-refractivity contribution in [3.8, 4) is 5.88 Å². The van der Waals surface area contributed by atoms with Crippen LogP contribution in [0.25, 0.3) is 0 Å². The highest BCUT2D eigenvalue weighted by Crippen LogP contribution is 2.19. The summed E-state index contributed by atoms with van der Waals surface area (Å²) in [5, 5.41) is 9.76. The van der Waals surface area contributed by atoms with E-state index >= 15 is 0 Å². The van der Waals surface area contributed by atoms with Crippen LogP contribution in [0.3, 0.4) is 0 Å². The summed E-state index contributed by atoms with van der Waals surface area (Å²) in [6, 6.07) is 3.39. The Hall–Kier alpha value is -0.510. The van der Waals surface area contributed by atoms with Gasteiger partial charge in [-0.05, 0) is 18.6 Å². The monoisotopic (exact) mass is 235 g/mol. The van der Waals surface area contributed by atoms with E-state index in [0.29, 0.717) is 23.2 Å². The molecule has 0 bridgehead atoms. The lowest BCUT2D eigenvalue weighted by molar-refractivity contribution is 0.102. The molecule has 78 valence electrons. The molecule has 0 amide bonds. The summed E-state index contributed by atoms with van der Waals surface area (Å²) in [7, 11) is 0. The molecule has 3 nitrogen and oxygen atoms in total. The average molecular weight is 236 g/mol. The summed E-state index contributed by atoms with van der Waals surface area (Å²) in [5.74, 6) is 0.739. The second kappa shape index (κ2) is 6.06. The minimum atomic E-state index is -0.578. The van der Waals surface area contributed by atoms with Crippen molar-refractivity contribution in [2.24, 2.45) is 0 Å². The number of hydrogen-bond acceptors (Lipinski definition) is 3. The molecule has 0 radical (unpaired) electrons. The second-order valence-corrected chi connectivity index (χ2v) is 3.52. The maximum absolute atomic E-state index is 9.32. The van der Waals surface area contributed by atoms with Crippen LogP contribution in [0.15, 0.2) is 18.3 Å². The van der Waals surface area contributed by atoms with Gasteiger partial charge < -0.3 is 9.84 Å². The van der Waals surface area contributed by atoms with Crippen LogP contribution in [0, 0.1) is 0 Å². The van der Waals surface area contributed by atoms with Crippen molar-refractivity contribution in [2.75, 3.05) is 12.5 Å². The number of aliphatic hydroxyl groups excluding tert-OH is 1. The molecule has 1 unspecified atom stereocenters. The number of pyridine rings is 1. The van der Waals surface area contributed by atoms with Gasteiger partial charge in [-0.2, -0.15) is 0 Å². The van der Waals surface area contributed by atoms with Crippen LogP contribution < -0.4 is 4.74 Å². The summed E-state index contributed by atoms with van der Waals surface area (Å²) in [6.07, 6.45) is 1.49. The molecule has 0 spiro atoms. The number of rotatable bonds is 5. The van der Waals surface area contributed by atoms with E-state index in [4.69, 9.17) is 27.9 Å². The van der Waals surface area contributed by atoms with E-state index < -0.39 is 6.10 Å². The Bertz CT molecular complexity index is 283. The first-order valence-electron chi connectivity index (χ1n) is 4.21. The van der Waals surface area contributed by atoms with Crippen LogP contribution in [0.5, 0.6) is 5.88 Å². The first-order chi connectivity index (χ1) is 6.74. The average Bonchev–Trinajstić information content (AvgIpc) is 2.17. The number of aliphatic hydroxyl groups is 1.